The standard InChI is InChI=1S/C27H28N6O5S/c1-36-21-11-12-23(37-2)19(15-21)16-22-26(35)33(20-9-5-3-6-10-20)27(28-22)39-18-24(34)29-25-17-32(30-38-25)31-13-7-4-8-14-31/h3,5-6,9-12,15-17H,4,7-8,13-14,18H2,1-2H3/b22-16+. The summed E-state index contributed by atoms with van der Waals surface area (Å²) in [6, 6.07) is 14.4. The molecule has 0 aliphatic carbocycles. The van der Waals surface area contributed by atoms with Gasteiger partial charge in [0.1, 0.15) is 17.2 Å². The van der Waals surface area contributed by atoms with E-state index in [1.807, 2.05) is 35.3 Å². The second-order valence-corrected chi connectivity index (χ2v) is 9.72. The topological polar surface area (TPSA) is 120 Å². The fraction of sp³-hybridized carbons (Fsp3) is 0.296. The Kier molecular flexibility index (Phi) is 8.11. The Morgan fingerprint density at radius 2 is 1.95 bits per heavy atom. The zero-order valence-corrected chi connectivity index (χ0v) is 22.5. The number of hydrogen-bond donors (Lipinski definition) is 0. The van der Waals surface area contributed by atoms with E-state index < -0.39 is 5.90 Å². The highest BCUT2D eigenvalue weighted by atomic mass is 32.2. The third-order valence-corrected chi connectivity index (χ3v) is 7.12. The zero-order valence-electron chi connectivity index (χ0n) is 21.6. The summed E-state index contributed by atoms with van der Waals surface area (Å²) in [5, 5.41) is 19.1. The Labute approximate surface area is 230 Å². The lowest BCUT2D eigenvalue weighted by Crippen LogP contribution is -2.60. The Balaban J connectivity index is 1.37. The average Bonchev–Trinajstić information content (AvgIpc) is 3.56. The minimum atomic E-state index is -0.433. The molecule has 0 spiro atoms. The first kappa shape index (κ1) is 26.3. The second kappa shape index (κ2) is 12.0. The normalized spacial score (nSPS) is 17.1. The Morgan fingerprint density at radius 3 is 2.69 bits per heavy atom. The monoisotopic (exact) mass is 548 g/mol. The smallest absolute Gasteiger partial charge is 0.324 e. The molecule has 1 aromatic heterocycles. The molecule has 0 unspecified atom stereocenters. The van der Waals surface area contributed by atoms with Gasteiger partial charge in [0.05, 0.1) is 37.8 Å². The molecule has 0 atom stereocenters. The summed E-state index contributed by atoms with van der Waals surface area (Å²) in [6.07, 6.45) is 6.61. The van der Waals surface area contributed by atoms with Crippen molar-refractivity contribution in [2.24, 2.45) is 9.98 Å². The Bertz CT molecular complexity index is 1420. The molecule has 202 valence electrons. The van der Waals surface area contributed by atoms with Gasteiger partial charge in [-0.3, -0.25) is 14.2 Å². The van der Waals surface area contributed by atoms with E-state index in [0.717, 1.165) is 37.7 Å². The van der Waals surface area contributed by atoms with Crippen LogP contribution in [-0.2, 0) is 4.79 Å². The number of aromatic nitrogens is 2. The number of aliphatic imine (C=N–C) groups is 2. The van der Waals surface area contributed by atoms with Gasteiger partial charge in [0.2, 0.25) is 5.27 Å². The first-order valence-corrected chi connectivity index (χ1v) is 13.5. The number of thioether (sulfide) groups is 1. The number of rotatable bonds is 8. The average molecular weight is 549 g/mol. The van der Waals surface area contributed by atoms with Crippen molar-refractivity contribution in [3.63, 3.8) is 0 Å². The first-order chi connectivity index (χ1) is 19.1. The van der Waals surface area contributed by atoms with Crippen molar-refractivity contribution in [1.29, 1.82) is 0 Å². The maximum Gasteiger partial charge on any atom is 0.324 e. The predicted molar refractivity (Wildman–Crippen MR) is 147 cm³/mol. The maximum atomic E-state index is 13.5. The SMILES string of the molecule is COc1ccc(OC)c(/C=C2/N=C(SC/C([O-])=N/c3c[n+](N4CCCCC4)no3)N(c3ccccc3)C2=O)c1. The molecular weight excluding hydrogens is 520 g/mol. The molecular formula is C27H28N6O5S. The van der Waals surface area contributed by atoms with E-state index in [9.17, 15) is 9.90 Å². The van der Waals surface area contributed by atoms with Gasteiger partial charge < -0.3 is 14.6 Å². The van der Waals surface area contributed by atoms with Crippen LogP contribution in [0.1, 0.15) is 24.8 Å². The zero-order chi connectivity index (χ0) is 27.2. The van der Waals surface area contributed by atoms with Crippen molar-refractivity contribution in [2.75, 3.05) is 43.0 Å². The van der Waals surface area contributed by atoms with Crippen LogP contribution in [0, 0.1) is 0 Å². The second-order valence-electron chi connectivity index (χ2n) is 8.78. The van der Waals surface area contributed by atoms with Crippen molar-refractivity contribution in [1.82, 2.24) is 5.27 Å². The van der Waals surface area contributed by atoms with E-state index in [1.165, 1.54) is 11.3 Å². The molecule has 0 bridgehead atoms. The fourth-order valence-electron chi connectivity index (χ4n) is 4.27. The summed E-state index contributed by atoms with van der Waals surface area (Å²) in [5.74, 6) is 0.513. The minimum absolute atomic E-state index is 0.0460. The Morgan fingerprint density at radius 1 is 1.15 bits per heavy atom. The lowest BCUT2D eigenvalue weighted by Gasteiger charge is -2.18. The number of hydrogen-bond acceptors (Lipinski definition) is 10. The number of ether oxygens (including phenoxy) is 2. The molecule has 2 aliphatic rings. The molecule has 5 rings (SSSR count). The number of piperidine rings is 1. The van der Waals surface area contributed by atoms with Crippen molar-refractivity contribution < 1.29 is 28.7 Å². The van der Waals surface area contributed by atoms with E-state index in [0.29, 0.717) is 27.9 Å². The molecule has 3 aromatic rings. The van der Waals surface area contributed by atoms with Gasteiger partial charge in [-0.2, -0.15) is 5.01 Å². The number of methoxy groups -OCH3 is 2. The van der Waals surface area contributed by atoms with Crippen LogP contribution in [-0.4, -0.2) is 55.3 Å². The number of amidine groups is 1. The quantitative estimate of drug-likeness (QED) is 0.182. The van der Waals surface area contributed by atoms with Gasteiger partial charge >= 0.3 is 5.88 Å². The highest BCUT2D eigenvalue weighted by Crippen LogP contribution is 2.32. The van der Waals surface area contributed by atoms with E-state index in [-0.39, 0.29) is 23.2 Å². The van der Waals surface area contributed by atoms with Crippen molar-refractivity contribution in [2.45, 2.75) is 19.3 Å². The number of carbonyl (C=O) groups excluding carboxylic acids is 1. The largest absolute Gasteiger partial charge is 0.861 e. The summed E-state index contributed by atoms with van der Waals surface area (Å²) in [5.41, 5.74) is 1.48. The van der Waals surface area contributed by atoms with Gasteiger partial charge in [0.25, 0.3) is 12.1 Å². The third-order valence-electron chi connectivity index (χ3n) is 6.20. The molecule has 0 saturated carbocycles. The Hall–Kier alpha value is -4.32. The van der Waals surface area contributed by atoms with Gasteiger partial charge in [0, 0.05) is 11.3 Å². The van der Waals surface area contributed by atoms with E-state index in [1.54, 1.807) is 49.5 Å². The predicted octanol–water partition coefficient (Wildman–Crippen LogP) is 2.67. The van der Waals surface area contributed by atoms with Gasteiger partial charge in [-0.25, -0.2) is 9.98 Å². The van der Waals surface area contributed by atoms with Crippen molar-refractivity contribution in [3.05, 3.63) is 66.0 Å². The summed E-state index contributed by atoms with van der Waals surface area (Å²) in [7, 11) is 3.12. The van der Waals surface area contributed by atoms with E-state index >= 15 is 0 Å². The molecule has 1 amide bonds. The highest BCUT2D eigenvalue weighted by Gasteiger charge is 2.32. The maximum absolute atomic E-state index is 13.5. The number of anilines is 1. The highest BCUT2D eigenvalue weighted by molar-refractivity contribution is 8.14. The molecule has 0 N–H and O–H groups in total. The number of nitrogens with zero attached hydrogens (tertiary/aromatic N) is 6. The minimum Gasteiger partial charge on any atom is -0.861 e. The lowest BCUT2D eigenvalue weighted by molar-refractivity contribution is -0.759. The molecule has 39 heavy (non-hydrogen) atoms. The van der Waals surface area contributed by atoms with E-state index in [4.69, 9.17) is 14.0 Å². The van der Waals surface area contributed by atoms with Crippen LogP contribution in [0.4, 0.5) is 11.6 Å². The molecule has 2 aromatic carbocycles. The lowest BCUT2D eigenvalue weighted by atomic mass is 10.1. The summed E-state index contributed by atoms with van der Waals surface area (Å²) in [6.45, 7) is 1.75. The van der Waals surface area contributed by atoms with Gasteiger partial charge in [-0.1, -0.05) is 30.0 Å². The summed E-state index contributed by atoms with van der Waals surface area (Å²) in [4.78, 5) is 25.2. The molecule has 0 radical (unpaired) electrons. The summed E-state index contributed by atoms with van der Waals surface area (Å²) < 4.78 is 16.0. The molecule has 12 heteroatoms. The van der Waals surface area contributed by atoms with Crippen LogP contribution in [0.25, 0.3) is 6.08 Å². The molecule has 2 aliphatic heterocycles. The third kappa shape index (κ3) is 6.06. The van der Waals surface area contributed by atoms with Crippen molar-refractivity contribution in [3.8, 4) is 11.5 Å². The van der Waals surface area contributed by atoms with Crippen LogP contribution < -0.4 is 29.3 Å². The fourth-order valence-corrected chi connectivity index (χ4v) is 5.07. The molecule has 1 saturated heterocycles. The van der Waals surface area contributed by atoms with Crippen LogP contribution in [0.15, 0.2) is 74.9 Å². The number of benzene rings is 2. The molecule has 3 heterocycles. The van der Waals surface area contributed by atoms with Crippen LogP contribution in [0.2, 0.25) is 0 Å². The van der Waals surface area contributed by atoms with E-state index in [2.05, 4.69) is 15.3 Å². The number of para-hydroxylation sites is 1. The van der Waals surface area contributed by atoms with Crippen molar-refractivity contribution >= 4 is 46.4 Å². The first-order valence-electron chi connectivity index (χ1n) is 12.5. The van der Waals surface area contributed by atoms with Crippen LogP contribution in [0.3, 0.4) is 0 Å². The number of carbonyl (C=O) groups is 1. The number of amides is 1. The van der Waals surface area contributed by atoms with Crippen LogP contribution in [0.5, 0.6) is 11.5 Å². The van der Waals surface area contributed by atoms with Gasteiger partial charge in [-0.15, -0.1) is 0 Å². The molecule has 11 nitrogen and oxygen atoms in total. The summed E-state index contributed by atoms with van der Waals surface area (Å²) >= 11 is 1.12. The van der Waals surface area contributed by atoms with Gasteiger partial charge in [-0.05, 0) is 61.6 Å². The van der Waals surface area contributed by atoms with Gasteiger partial charge in [0.15, 0.2) is 5.17 Å². The van der Waals surface area contributed by atoms with Crippen LogP contribution >= 0.6 is 11.8 Å². The molecule has 1 fully saturated rings.